The minimum atomic E-state index is 0.345. The van der Waals surface area contributed by atoms with E-state index < -0.39 is 0 Å². The van der Waals surface area contributed by atoms with Crippen LogP contribution in [-0.4, -0.2) is 36.3 Å². The molecule has 0 amide bonds. The summed E-state index contributed by atoms with van der Waals surface area (Å²) in [6.07, 6.45) is 2.30. The van der Waals surface area contributed by atoms with Crippen LogP contribution < -0.4 is 5.32 Å². The fourth-order valence-electron chi connectivity index (χ4n) is 1.07. The molecule has 0 radical (unpaired) electrons. The first-order valence-corrected chi connectivity index (χ1v) is 5.48. The summed E-state index contributed by atoms with van der Waals surface area (Å²) in [5.41, 5.74) is 0. The van der Waals surface area contributed by atoms with Crippen molar-refractivity contribution in [2.24, 2.45) is 5.92 Å². The van der Waals surface area contributed by atoms with Gasteiger partial charge in [-0.05, 0) is 43.4 Å². The molecule has 3 heteroatoms. The number of rotatable bonds is 6. The van der Waals surface area contributed by atoms with Gasteiger partial charge < -0.3 is 10.4 Å². The largest absolute Gasteiger partial charge is 0.396 e. The van der Waals surface area contributed by atoms with E-state index in [1.54, 1.807) is 0 Å². The smallest absolute Gasteiger partial charge is 0.0438 e. The van der Waals surface area contributed by atoms with E-state index in [9.17, 15) is 0 Å². The maximum atomic E-state index is 8.51. The number of thioether (sulfide) groups is 1. The highest BCUT2D eigenvalue weighted by atomic mass is 32.2. The van der Waals surface area contributed by atoms with E-state index in [0.717, 1.165) is 18.1 Å². The zero-order valence-corrected chi connectivity index (χ0v) is 7.70. The predicted molar refractivity (Wildman–Crippen MR) is 50.0 cm³/mol. The molecule has 1 rings (SSSR count). The molecule has 0 aromatic heterocycles. The van der Waals surface area contributed by atoms with Crippen molar-refractivity contribution >= 4 is 11.8 Å². The zero-order valence-electron chi connectivity index (χ0n) is 6.88. The molecule has 0 aliphatic carbocycles. The van der Waals surface area contributed by atoms with Crippen molar-refractivity contribution in [2.75, 3.05) is 31.2 Å². The molecule has 1 aliphatic heterocycles. The summed E-state index contributed by atoms with van der Waals surface area (Å²) >= 11 is 1.97. The lowest BCUT2D eigenvalue weighted by atomic mass is 10.0. The van der Waals surface area contributed by atoms with Gasteiger partial charge in [-0.2, -0.15) is 11.8 Å². The Hall–Kier alpha value is 0.270. The summed E-state index contributed by atoms with van der Waals surface area (Å²) in [6, 6.07) is 0. The van der Waals surface area contributed by atoms with Gasteiger partial charge in [0.15, 0.2) is 0 Å². The van der Waals surface area contributed by atoms with Crippen LogP contribution in [0.2, 0.25) is 0 Å². The van der Waals surface area contributed by atoms with Gasteiger partial charge in [0.2, 0.25) is 0 Å². The van der Waals surface area contributed by atoms with Crippen LogP contribution in [0.5, 0.6) is 0 Å². The maximum Gasteiger partial charge on any atom is 0.0438 e. The van der Waals surface area contributed by atoms with Crippen LogP contribution in [0.15, 0.2) is 0 Å². The summed E-state index contributed by atoms with van der Waals surface area (Å²) in [5.74, 6) is 3.33. The minimum Gasteiger partial charge on any atom is -0.396 e. The van der Waals surface area contributed by atoms with Gasteiger partial charge in [-0.1, -0.05) is 0 Å². The van der Waals surface area contributed by atoms with Crippen LogP contribution in [0.4, 0.5) is 0 Å². The number of hydrogen-bond acceptors (Lipinski definition) is 3. The van der Waals surface area contributed by atoms with Crippen LogP contribution in [0, 0.1) is 5.92 Å². The topological polar surface area (TPSA) is 32.3 Å². The lowest BCUT2D eigenvalue weighted by Crippen LogP contribution is -2.42. The molecular formula is C8H17NOS. The Morgan fingerprint density at radius 1 is 1.36 bits per heavy atom. The molecule has 2 N–H and O–H groups in total. The summed E-state index contributed by atoms with van der Waals surface area (Å²) in [6.45, 7) is 2.79. The number of nitrogens with one attached hydrogen (secondary N) is 1. The highest BCUT2D eigenvalue weighted by molar-refractivity contribution is 7.99. The molecule has 0 unspecified atom stereocenters. The van der Waals surface area contributed by atoms with Crippen molar-refractivity contribution in [1.82, 2.24) is 5.32 Å². The monoisotopic (exact) mass is 175 g/mol. The summed E-state index contributed by atoms with van der Waals surface area (Å²) in [4.78, 5) is 0. The Morgan fingerprint density at radius 2 is 2.18 bits per heavy atom. The van der Waals surface area contributed by atoms with Gasteiger partial charge in [0, 0.05) is 6.61 Å². The van der Waals surface area contributed by atoms with E-state index in [1.807, 2.05) is 11.8 Å². The van der Waals surface area contributed by atoms with E-state index in [1.165, 1.54) is 25.3 Å². The molecule has 66 valence electrons. The SMILES string of the molecule is OCCCSCCC1CNC1. The Morgan fingerprint density at radius 3 is 2.73 bits per heavy atom. The molecule has 2 nitrogen and oxygen atoms in total. The van der Waals surface area contributed by atoms with Gasteiger partial charge in [0.25, 0.3) is 0 Å². The second-order valence-corrected chi connectivity index (χ2v) is 4.23. The Balaban J connectivity index is 1.73. The summed E-state index contributed by atoms with van der Waals surface area (Å²) in [7, 11) is 0. The molecule has 1 aliphatic rings. The van der Waals surface area contributed by atoms with Crippen molar-refractivity contribution < 1.29 is 5.11 Å². The van der Waals surface area contributed by atoms with Gasteiger partial charge in [-0.25, -0.2) is 0 Å². The van der Waals surface area contributed by atoms with Crippen molar-refractivity contribution in [2.45, 2.75) is 12.8 Å². The van der Waals surface area contributed by atoms with Gasteiger partial charge in [-0.3, -0.25) is 0 Å². The average molecular weight is 175 g/mol. The van der Waals surface area contributed by atoms with Crippen molar-refractivity contribution in [3.8, 4) is 0 Å². The van der Waals surface area contributed by atoms with Gasteiger partial charge in [-0.15, -0.1) is 0 Å². The first-order valence-electron chi connectivity index (χ1n) is 4.33. The fraction of sp³-hybridized carbons (Fsp3) is 1.00. The van der Waals surface area contributed by atoms with Crippen LogP contribution in [0.3, 0.4) is 0 Å². The lowest BCUT2D eigenvalue weighted by molar-refractivity contribution is 0.296. The van der Waals surface area contributed by atoms with E-state index in [4.69, 9.17) is 5.11 Å². The minimum absolute atomic E-state index is 0.345. The van der Waals surface area contributed by atoms with Crippen LogP contribution >= 0.6 is 11.8 Å². The molecule has 0 atom stereocenters. The Kier molecular flexibility index (Phi) is 4.99. The molecule has 0 saturated carbocycles. The quantitative estimate of drug-likeness (QED) is 0.583. The van der Waals surface area contributed by atoms with E-state index in [-0.39, 0.29) is 0 Å². The van der Waals surface area contributed by atoms with Crippen molar-refractivity contribution in [3.63, 3.8) is 0 Å². The molecule has 1 fully saturated rings. The van der Waals surface area contributed by atoms with E-state index in [0.29, 0.717) is 6.61 Å². The number of aliphatic hydroxyl groups excluding tert-OH is 1. The molecule has 1 saturated heterocycles. The summed E-state index contributed by atoms with van der Waals surface area (Å²) < 4.78 is 0. The van der Waals surface area contributed by atoms with Crippen molar-refractivity contribution in [1.29, 1.82) is 0 Å². The van der Waals surface area contributed by atoms with Crippen LogP contribution in [0.1, 0.15) is 12.8 Å². The number of aliphatic hydroxyl groups is 1. The van der Waals surface area contributed by atoms with Crippen LogP contribution in [-0.2, 0) is 0 Å². The molecule has 0 spiro atoms. The lowest BCUT2D eigenvalue weighted by Gasteiger charge is -2.26. The maximum absolute atomic E-state index is 8.51. The summed E-state index contributed by atoms with van der Waals surface area (Å²) in [5, 5.41) is 11.8. The van der Waals surface area contributed by atoms with E-state index >= 15 is 0 Å². The normalized spacial score (nSPS) is 18.3. The van der Waals surface area contributed by atoms with Crippen molar-refractivity contribution in [3.05, 3.63) is 0 Å². The fourth-order valence-corrected chi connectivity index (χ4v) is 2.11. The molecule has 0 aromatic rings. The molecule has 0 bridgehead atoms. The molecular weight excluding hydrogens is 158 g/mol. The van der Waals surface area contributed by atoms with Gasteiger partial charge in [0.1, 0.15) is 0 Å². The third kappa shape index (κ3) is 3.99. The highest BCUT2D eigenvalue weighted by Crippen LogP contribution is 2.13. The Bertz CT molecular complexity index is 96.1. The standard InChI is InChI=1S/C8H17NOS/c10-3-1-4-11-5-2-8-6-9-7-8/h8-10H,1-7H2. The zero-order chi connectivity index (χ0) is 7.94. The molecule has 11 heavy (non-hydrogen) atoms. The molecule has 0 aromatic carbocycles. The average Bonchev–Trinajstić information content (AvgIpc) is 1.93. The Labute approximate surface area is 72.8 Å². The number of hydrogen-bond donors (Lipinski definition) is 2. The van der Waals surface area contributed by atoms with Crippen LogP contribution in [0.25, 0.3) is 0 Å². The third-order valence-corrected chi connectivity index (χ3v) is 3.08. The molecule has 1 heterocycles. The second kappa shape index (κ2) is 5.86. The van der Waals surface area contributed by atoms with E-state index in [2.05, 4.69) is 5.32 Å². The first kappa shape index (κ1) is 9.36. The second-order valence-electron chi connectivity index (χ2n) is 3.00. The van der Waals surface area contributed by atoms with Gasteiger partial charge in [0.05, 0.1) is 0 Å². The predicted octanol–water partition coefficient (Wildman–Crippen LogP) is 0.711. The first-order chi connectivity index (χ1) is 5.43. The van der Waals surface area contributed by atoms with Gasteiger partial charge >= 0.3 is 0 Å². The third-order valence-electron chi connectivity index (χ3n) is 1.98. The highest BCUT2D eigenvalue weighted by Gasteiger charge is 2.15.